The van der Waals surface area contributed by atoms with Crippen molar-refractivity contribution >= 4 is 5.97 Å². The fraction of sp³-hybridized carbons (Fsp3) is 0.588. The summed E-state index contributed by atoms with van der Waals surface area (Å²) < 4.78 is 0. The van der Waals surface area contributed by atoms with Crippen molar-refractivity contribution in [1.29, 1.82) is 0 Å². The van der Waals surface area contributed by atoms with Crippen LogP contribution in [0.15, 0.2) is 24.3 Å². The van der Waals surface area contributed by atoms with Gasteiger partial charge in [-0.05, 0) is 37.8 Å². The Kier molecular flexibility index (Phi) is 4.19. The van der Waals surface area contributed by atoms with Crippen LogP contribution in [0.5, 0.6) is 0 Å². The van der Waals surface area contributed by atoms with Crippen LogP contribution in [0.2, 0.25) is 0 Å². The fourth-order valence-corrected chi connectivity index (χ4v) is 3.22. The van der Waals surface area contributed by atoms with Crippen molar-refractivity contribution < 1.29 is 15.0 Å². The average molecular weight is 276 g/mol. The van der Waals surface area contributed by atoms with E-state index in [0.29, 0.717) is 6.42 Å². The molecular formula is C17H24O3. The maximum atomic E-state index is 11.8. The summed E-state index contributed by atoms with van der Waals surface area (Å²) >= 11 is 0. The number of carboxylic acids is 1. The molecule has 110 valence electrons. The maximum Gasteiger partial charge on any atom is 0.314 e. The molecule has 0 aromatic heterocycles. The largest absolute Gasteiger partial charge is 0.481 e. The number of rotatable bonds is 4. The highest BCUT2D eigenvalue weighted by Crippen LogP contribution is 2.39. The number of benzene rings is 1. The van der Waals surface area contributed by atoms with E-state index in [2.05, 4.69) is 0 Å². The molecule has 0 aliphatic heterocycles. The quantitative estimate of drug-likeness (QED) is 0.887. The normalized spacial score (nSPS) is 18.8. The summed E-state index contributed by atoms with van der Waals surface area (Å²) in [6.45, 7) is 3.56. The summed E-state index contributed by atoms with van der Waals surface area (Å²) in [6, 6.07) is 7.76. The van der Waals surface area contributed by atoms with Crippen LogP contribution in [0.4, 0.5) is 0 Å². The van der Waals surface area contributed by atoms with Crippen LogP contribution in [0, 0.1) is 0 Å². The lowest BCUT2D eigenvalue weighted by atomic mass is 9.69. The zero-order valence-corrected chi connectivity index (χ0v) is 12.4. The zero-order chi connectivity index (χ0) is 14.8. The van der Waals surface area contributed by atoms with Gasteiger partial charge in [0.1, 0.15) is 0 Å². The predicted molar refractivity (Wildman–Crippen MR) is 78.8 cm³/mol. The summed E-state index contributed by atoms with van der Waals surface area (Å²) in [7, 11) is 0. The van der Waals surface area contributed by atoms with Gasteiger partial charge in [-0.25, -0.2) is 0 Å². The highest BCUT2D eigenvalue weighted by atomic mass is 16.4. The first kappa shape index (κ1) is 15.0. The van der Waals surface area contributed by atoms with E-state index >= 15 is 0 Å². The highest BCUT2D eigenvalue weighted by molar-refractivity contribution is 5.81. The molecule has 0 atom stereocenters. The van der Waals surface area contributed by atoms with Gasteiger partial charge in [0.15, 0.2) is 0 Å². The van der Waals surface area contributed by atoms with Gasteiger partial charge in [-0.1, -0.05) is 43.5 Å². The first-order chi connectivity index (χ1) is 9.33. The van der Waals surface area contributed by atoms with Crippen molar-refractivity contribution in [2.45, 2.75) is 63.4 Å². The zero-order valence-electron chi connectivity index (χ0n) is 12.4. The number of carboxylic acid groups (broad SMARTS) is 1. The standard InChI is InChI=1S/C17H24O3/c1-16(2,20)12-13-6-8-14(9-7-13)17(15(18)19)10-4-3-5-11-17/h6-9,20H,3-5,10-12H2,1-2H3,(H,18,19). The number of aliphatic carboxylic acids is 1. The second-order valence-electron chi connectivity index (χ2n) is 6.63. The lowest BCUT2D eigenvalue weighted by molar-refractivity contribution is -0.145. The van der Waals surface area contributed by atoms with Gasteiger partial charge in [0, 0.05) is 6.42 Å². The maximum absolute atomic E-state index is 11.8. The molecule has 1 fully saturated rings. The molecule has 3 nitrogen and oxygen atoms in total. The fourth-order valence-electron chi connectivity index (χ4n) is 3.22. The molecule has 1 aliphatic rings. The van der Waals surface area contributed by atoms with Crippen LogP contribution in [0.25, 0.3) is 0 Å². The number of hydrogen-bond donors (Lipinski definition) is 2. The molecule has 1 saturated carbocycles. The molecule has 2 N–H and O–H groups in total. The van der Waals surface area contributed by atoms with E-state index in [1.54, 1.807) is 13.8 Å². The molecule has 1 aliphatic carbocycles. The van der Waals surface area contributed by atoms with Crippen LogP contribution >= 0.6 is 0 Å². The van der Waals surface area contributed by atoms with Crippen molar-refractivity contribution in [1.82, 2.24) is 0 Å². The summed E-state index contributed by atoms with van der Waals surface area (Å²) in [5.74, 6) is -0.701. The minimum absolute atomic E-state index is 0.577. The molecule has 0 heterocycles. The first-order valence-corrected chi connectivity index (χ1v) is 7.39. The second-order valence-corrected chi connectivity index (χ2v) is 6.63. The molecule has 20 heavy (non-hydrogen) atoms. The van der Waals surface area contributed by atoms with E-state index in [1.165, 1.54) is 0 Å². The Morgan fingerprint density at radius 2 is 1.70 bits per heavy atom. The number of hydrogen-bond acceptors (Lipinski definition) is 2. The van der Waals surface area contributed by atoms with Crippen molar-refractivity contribution in [3.05, 3.63) is 35.4 Å². The number of carbonyl (C=O) groups is 1. The van der Waals surface area contributed by atoms with E-state index in [-0.39, 0.29) is 0 Å². The Balaban J connectivity index is 2.25. The Labute approximate surface area is 120 Å². The third-order valence-electron chi connectivity index (χ3n) is 4.26. The van der Waals surface area contributed by atoms with Crippen LogP contribution < -0.4 is 0 Å². The second kappa shape index (κ2) is 5.57. The lowest BCUT2D eigenvalue weighted by Crippen LogP contribution is -2.37. The van der Waals surface area contributed by atoms with E-state index in [9.17, 15) is 15.0 Å². The molecule has 0 amide bonds. The lowest BCUT2D eigenvalue weighted by Gasteiger charge is -2.33. The van der Waals surface area contributed by atoms with Crippen LogP contribution in [0.1, 0.15) is 57.1 Å². The van der Waals surface area contributed by atoms with Gasteiger partial charge < -0.3 is 10.2 Å². The van der Waals surface area contributed by atoms with Crippen LogP contribution in [-0.4, -0.2) is 21.8 Å². The Morgan fingerprint density at radius 1 is 1.15 bits per heavy atom. The minimum Gasteiger partial charge on any atom is -0.481 e. The van der Waals surface area contributed by atoms with Crippen LogP contribution in [-0.2, 0) is 16.6 Å². The average Bonchev–Trinajstić information content (AvgIpc) is 2.38. The Morgan fingerprint density at radius 3 is 2.15 bits per heavy atom. The van der Waals surface area contributed by atoms with Gasteiger partial charge in [0.05, 0.1) is 11.0 Å². The smallest absolute Gasteiger partial charge is 0.314 e. The van der Waals surface area contributed by atoms with Gasteiger partial charge in [-0.2, -0.15) is 0 Å². The van der Waals surface area contributed by atoms with Gasteiger partial charge in [-0.15, -0.1) is 0 Å². The van der Waals surface area contributed by atoms with E-state index in [1.807, 2.05) is 24.3 Å². The molecule has 0 bridgehead atoms. The minimum atomic E-state index is -0.739. The Hall–Kier alpha value is -1.35. The first-order valence-electron chi connectivity index (χ1n) is 7.39. The summed E-state index contributed by atoms with van der Waals surface area (Å²) in [5.41, 5.74) is 0.504. The predicted octanol–water partition coefficient (Wildman–Crippen LogP) is 3.29. The van der Waals surface area contributed by atoms with E-state index in [4.69, 9.17) is 0 Å². The molecule has 0 unspecified atom stereocenters. The van der Waals surface area contributed by atoms with Gasteiger partial charge in [0.2, 0.25) is 0 Å². The third-order valence-corrected chi connectivity index (χ3v) is 4.26. The third kappa shape index (κ3) is 3.21. The summed E-state index contributed by atoms with van der Waals surface area (Å²) in [4.78, 5) is 11.8. The molecule has 0 spiro atoms. The van der Waals surface area contributed by atoms with Gasteiger partial charge in [0.25, 0.3) is 0 Å². The van der Waals surface area contributed by atoms with Crippen molar-refractivity contribution in [2.75, 3.05) is 0 Å². The van der Waals surface area contributed by atoms with Gasteiger partial charge in [-0.3, -0.25) is 4.79 Å². The highest BCUT2D eigenvalue weighted by Gasteiger charge is 2.41. The molecule has 1 aromatic carbocycles. The monoisotopic (exact) mass is 276 g/mol. The van der Waals surface area contributed by atoms with E-state index < -0.39 is 17.0 Å². The molecule has 0 saturated heterocycles. The van der Waals surface area contributed by atoms with Crippen LogP contribution in [0.3, 0.4) is 0 Å². The molecular weight excluding hydrogens is 252 g/mol. The topological polar surface area (TPSA) is 57.5 Å². The molecule has 0 radical (unpaired) electrons. The van der Waals surface area contributed by atoms with Crippen molar-refractivity contribution in [2.24, 2.45) is 0 Å². The van der Waals surface area contributed by atoms with Gasteiger partial charge >= 0.3 is 5.97 Å². The summed E-state index contributed by atoms with van der Waals surface area (Å²) in [6.07, 6.45) is 5.13. The molecule has 2 rings (SSSR count). The number of aliphatic hydroxyl groups is 1. The van der Waals surface area contributed by atoms with Crippen molar-refractivity contribution in [3.63, 3.8) is 0 Å². The molecule has 3 heteroatoms. The summed E-state index contributed by atoms with van der Waals surface area (Å²) in [5, 5.41) is 19.5. The molecule has 1 aromatic rings. The van der Waals surface area contributed by atoms with Crippen molar-refractivity contribution in [3.8, 4) is 0 Å². The SMILES string of the molecule is CC(C)(O)Cc1ccc(C2(C(=O)O)CCCCC2)cc1. The Bertz CT molecular complexity index is 462. The van der Waals surface area contributed by atoms with E-state index in [0.717, 1.165) is 43.2 Å².